The van der Waals surface area contributed by atoms with Crippen molar-refractivity contribution in [3.05, 3.63) is 65.7 Å². The van der Waals surface area contributed by atoms with Gasteiger partial charge in [-0.25, -0.2) is 8.42 Å². The molecule has 2 aromatic heterocycles. The number of carbonyl (C=O) groups is 1. The van der Waals surface area contributed by atoms with E-state index in [-0.39, 0.29) is 4.90 Å². The number of nitrogens with one attached hydrogen (secondary N) is 2. The van der Waals surface area contributed by atoms with Crippen LogP contribution in [-0.4, -0.2) is 28.7 Å². The molecular formula is C17H19N5O3S. The summed E-state index contributed by atoms with van der Waals surface area (Å²) in [4.78, 5) is 14.5. The van der Waals surface area contributed by atoms with E-state index < -0.39 is 15.9 Å². The molecule has 26 heavy (non-hydrogen) atoms. The van der Waals surface area contributed by atoms with Crippen LogP contribution in [0.25, 0.3) is 5.69 Å². The molecule has 0 bridgehead atoms. The molecule has 0 unspecified atom stereocenters. The summed E-state index contributed by atoms with van der Waals surface area (Å²) in [5.41, 5.74) is 5.15. The molecule has 0 spiro atoms. The van der Waals surface area contributed by atoms with Gasteiger partial charge in [0.25, 0.3) is 15.9 Å². The zero-order valence-electron chi connectivity index (χ0n) is 14.6. The van der Waals surface area contributed by atoms with Crippen LogP contribution < -0.4 is 10.3 Å². The van der Waals surface area contributed by atoms with E-state index in [1.165, 1.54) is 17.1 Å². The van der Waals surface area contributed by atoms with E-state index in [9.17, 15) is 13.2 Å². The average Bonchev–Trinajstić information content (AvgIpc) is 3.17. The van der Waals surface area contributed by atoms with Crippen molar-refractivity contribution in [1.29, 1.82) is 0 Å². The normalized spacial score (nSPS) is 11.5. The van der Waals surface area contributed by atoms with Gasteiger partial charge in [-0.15, -0.1) is 4.83 Å². The van der Waals surface area contributed by atoms with Gasteiger partial charge < -0.3 is 4.57 Å². The lowest BCUT2D eigenvalue weighted by molar-refractivity contribution is 0.0944. The molecule has 1 amide bonds. The highest BCUT2D eigenvalue weighted by molar-refractivity contribution is 7.89. The van der Waals surface area contributed by atoms with Crippen LogP contribution in [0.3, 0.4) is 0 Å². The Morgan fingerprint density at radius 3 is 2.46 bits per heavy atom. The summed E-state index contributed by atoms with van der Waals surface area (Å²) < 4.78 is 27.7. The van der Waals surface area contributed by atoms with Crippen molar-refractivity contribution in [2.45, 2.75) is 18.7 Å². The first-order chi connectivity index (χ1) is 12.3. The van der Waals surface area contributed by atoms with Gasteiger partial charge in [0.1, 0.15) is 4.90 Å². The van der Waals surface area contributed by atoms with E-state index in [2.05, 4.69) is 15.4 Å². The van der Waals surface area contributed by atoms with Crippen molar-refractivity contribution in [2.24, 2.45) is 7.05 Å². The molecule has 0 fully saturated rings. The molecule has 0 aliphatic rings. The van der Waals surface area contributed by atoms with E-state index >= 15 is 0 Å². The molecule has 0 aliphatic carbocycles. The number of hydrazine groups is 1. The van der Waals surface area contributed by atoms with Crippen LogP contribution >= 0.6 is 0 Å². The Morgan fingerprint density at radius 2 is 1.85 bits per heavy atom. The maximum atomic E-state index is 12.5. The maximum absolute atomic E-state index is 12.5. The molecule has 0 radical (unpaired) electrons. The minimum Gasteiger partial charge on any atom is -0.318 e. The maximum Gasteiger partial charge on any atom is 0.268 e. The lowest BCUT2D eigenvalue weighted by Gasteiger charge is -2.10. The number of aryl methyl sites for hydroxylation is 2. The second-order valence-electron chi connectivity index (χ2n) is 5.87. The molecule has 3 aromatic rings. The number of rotatable bonds is 5. The summed E-state index contributed by atoms with van der Waals surface area (Å²) in [6.07, 6.45) is 2.55. The number of sulfonamides is 1. The second kappa shape index (κ2) is 6.77. The lowest BCUT2D eigenvalue weighted by Crippen LogP contribution is -2.41. The van der Waals surface area contributed by atoms with Crippen molar-refractivity contribution in [3.8, 4) is 5.69 Å². The van der Waals surface area contributed by atoms with E-state index in [0.717, 1.165) is 11.4 Å². The third-order valence-corrected chi connectivity index (χ3v) is 5.18. The number of hydrogen-bond donors (Lipinski definition) is 2. The summed E-state index contributed by atoms with van der Waals surface area (Å²) in [5, 5.41) is 3.81. The van der Waals surface area contributed by atoms with Gasteiger partial charge in [-0.1, -0.05) is 18.2 Å². The van der Waals surface area contributed by atoms with Gasteiger partial charge in [0.05, 0.1) is 11.8 Å². The first-order valence-electron chi connectivity index (χ1n) is 7.85. The predicted octanol–water partition coefficient (Wildman–Crippen LogP) is 1.45. The van der Waals surface area contributed by atoms with Crippen molar-refractivity contribution >= 4 is 15.9 Å². The third kappa shape index (κ3) is 3.39. The third-order valence-electron chi connectivity index (χ3n) is 3.98. The molecule has 136 valence electrons. The largest absolute Gasteiger partial charge is 0.318 e. The van der Waals surface area contributed by atoms with Gasteiger partial charge >= 0.3 is 0 Å². The highest BCUT2D eigenvalue weighted by Gasteiger charge is 2.20. The molecule has 8 nitrogen and oxygen atoms in total. The molecule has 0 atom stereocenters. The Morgan fingerprint density at radius 1 is 1.15 bits per heavy atom. The highest BCUT2D eigenvalue weighted by Crippen LogP contribution is 2.20. The summed E-state index contributed by atoms with van der Waals surface area (Å²) in [7, 11) is -2.28. The zero-order valence-corrected chi connectivity index (χ0v) is 15.4. The molecule has 1 aromatic carbocycles. The van der Waals surface area contributed by atoms with Gasteiger partial charge in [0.2, 0.25) is 0 Å². The zero-order chi connectivity index (χ0) is 18.9. The van der Waals surface area contributed by atoms with E-state index in [1.807, 2.05) is 48.7 Å². The van der Waals surface area contributed by atoms with Crippen LogP contribution in [0.2, 0.25) is 0 Å². The Hall–Kier alpha value is -2.91. The van der Waals surface area contributed by atoms with Gasteiger partial charge in [-0.05, 0) is 32.0 Å². The molecule has 9 heteroatoms. The molecule has 2 N–H and O–H groups in total. The topological polar surface area (TPSA) is 98.0 Å². The summed E-state index contributed by atoms with van der Waals surface area (Å²) in [6, 6.07) is 11.3. The van der Waals surface area contributed by atoms with Gasteiger partial charge in [-0.2, -0.15) is 5.10 Å². The summed E-state index contributed by atoms with van der Waals surface area (Å²) >= 11 is 0. The SMILES string of the molecule is Cc1cc(C(=O)NNS(=O)(=O)c2cnn(C)c2)c(C)n1-c1ccccc1. The van der Waals surface area contributed by atoms with E-state index in [0.29, 0.717) is 11.3 Å². The first-order valence-corrected chi connectivity index (χ1v) is 9.33. The Balaban J connectivity index is 1.81. The number of aromatic nitrogens is 3. The summed E-state index contributed by atoms with van der Waals surface area (Å²) in [5.74, 6) is -0.534. The number of amides is 1. The fourth-order valence-electron chi connectivity index (χ4n) is 2.74. The van der Waals surface area contributed by atoms with E-state index in [1.54, 1.807) is 13.1 Å². The van der Waals surface area contributed by atoms with Crippen LogP contribution in [0.5, 0.6) is 0 Å². The molecule has 0 aliphatic heterocycles. The minimum atomic E-state index is -3.88. The lowest BCUT2D eigenvalue weighted by atomic mass is 10.2. The molecular weight excluding hydrogens is 354 g/mol. The smallest absolute Gasteiger partial charge is 0.268 e. The van der Waals surface area contributed by atoms with Crippen LogP contribution in [0.4, 0.5) is 0 Å². The Bertz CT molecular complexity index is 1050. The molecule has 0 saturated heterocycles. The van der Waals surface area contributed by atoms with Crippen molar-refractivity contribution in [2.75, 3.05) is 0 Å². The van der Waals surface area contributed by atoms with Crippen LogP contribution in [-0.2, 0) is 17.1 Å². The number of nitrogens with zero attached hydrogens (tertiary/aromatic N) is 3. The molecule has 3 rings (SSSR count). The fourth-order valence-corrected chi connectivity index (χ4v) is 3.57. The number of para-hydroxylation sites is 1. The highest BCUT2D eigenvalue weighted by atomic mass is 32.2. The average molecular weight is 373 g/mol. The van der Waals surface area contributed by atoms with Crippen LogP contribution in [0.1, 0.15) is 21.7 Å². The fraction of sp³-hybridized carbons (Fsp3) is 0.176. The quantitative estimate of drug-likeness (QED) is 0.662. The molecule has 2 heterocycles. The standard InChI is InChI=1S/C17H19N5O3S/c1-12-9-16(13(2)22(12)14-7-5-4-6-8-14)17(23)19-20-26(24,25)15-10-18-21(3)11-15/h4-11,20H,1-3H3,(H,19,23). The van der Waals surface area contributed by atoms with Crippen molar-refractivity contribution < 1.29 is 13.2 Å². The molecule has 0 saturated carbocycles. The monoisotopic (exact) mass is 373 g/mol. The Kier molecular flexibility index (Phi) is 4.66. The van der Waals surface area contributed by atoms with Gasteiger partial charge in [0, 0.05) is 30.3 Å². The van der Waals surface area contributed by atoms with E-state index in [4.69, 9.17) is 0 Å². The van der Waals surface area contributed by atoms with Crippen molar-refractivity contribution in [3.63, 3.8) is 0 Å². The predicted molar refractivity (Wildman–Crippen MR) is 96.2 cm³/mol. The van der Waals surface area contributed by atoms with Crippen molar-refractivity contribution in [1.82, 2.24) is 24.6 Å². The van der Waals surface area contributed by atoms with Gasteiger partial charge in [-0.3, -0.25) is 14.9 Å². The second-order valence-corrected chi connectivity index (χ2v) is 7.55. The minimum absolute atomic E-state index is 0.0324. The van der Waals surface area contributed by atoms with Gasteiger partial charge in [0.15, 0.2) is 0 Å². The van der Waals surface area contributed by atoms with Crippen LogP contribution in [0, 0.1) is 13.8 Å². The summed E-state index contributed by atoms with van der Waals surface area (Å²) in [6.45, 7) is 3.70. The number of benzene rings is 1. The van der Waals surface area contributed by atoms with Crippen LogP contribution in [0.15, 0.2) is 53.7 Å². The Labute approximate surface area is 151 Å². The number of carbonyl (C=O) groups excluding carboxylic acids is 1. The number of hydrogen-bond acceptors (Lipinski definition) is 4. The first kappa shape index (κ1) is 17.9.